The SMILES string of the molecule is CN(C)CC(O)Cn1c2ccccc2c2c3c(c4c5ccccc5n(C)c4c21)C(O)NC3=O. The Kier molecular flexibility index (Phi) is 4.32. The van der Waals surface area contributed by atoms with Crippen molar-refractivity contribution in [3.05, 3.63) is 59.7 Å². The maximum absolute atomic E-state index is 13.2. The Morgan fingerprint density at radius 1 is 1.00 bits per heavy atom. The fourth-order valence-corrected chi connectivity index (χ4v) is 5.66. The first kappa shape index (κ1) is 20.2. The van der Waals surface area contributed by atoms with Crippen molar-refractivity contribution in [3.63, 3.8) is 0 Å². The van der Waals surface area contributed by atoms with Crippen molar-refractivity contribution in [2.45, 2.75) is 18.9 Å². The number of nitrogens with zero attached hydrogens (tertiary/aromatic N) is 3. The van der Waals surface area contributed by atoms with Crippen molar-refractivity contribution in [3.8, 4) is 0 Å². The molecule has 3 N–H and O–H groups in total. The van der Waals surface area contributed by atoms with E-state index in [1.165, 1.54) is 0 Å². The molecular formula is C26H26N4O3. The minimum Gasteiger partial charge on any atom is -0.390 e. The third kappa shape index (κ3) is 2.70. The number of nitrogens with one attached hydrogen (secondary N) is 1. The highest BCUT2D eigenvalue weighted by atomic mass is 16.3. The van der Waals surface area contributed by atoms with E-state index in [-0.39, 0.29) is 5.91 Å². The number of aliphatic hydroxyl groups is 2. The summed E-state index contributed by atoms with van der Waals surface area (Å²) in [4.78, 5) is 15.1. The number of carbonyl (C=O) groups is 1. The van der Waals surface area contributed by atoms with Crippen molar-refractivity contribution in [2.75, 3.05) is 20.6 Å². The van der Waals surface area contributed by atoms with Crippen molar-refractivity contribution < 1.29 is 15.0 Å². The summed E-state index contributed by atoms with van der Waals surface area (Å²) in [6.07, 6.45) is -1.65. The molecule has 7 heteroatoms. The largest absolute Gasteiger partial charge is 0.390 e. The molecule has 1 aliphatic heterocycles. The summed E-state index contributed by atoms with van der Waals surface area (Å²) in [5, 5.41) is 28.2. The van der Waals surface area contributed by atoms with Gasteiger partial charge < -0.3 is 29.6 Å². The minimum absolute atomic E-state index is 0.269. The van der Waals surface area contributed by atoms with Gasteiger partial charge in [-0.25, -0.2) is 0 Å². The number of hydrogen-bond acceptors (Lipinski definition) is 4. The van der Waals surface area contributed by atoms with E-state index in [2.05, 4.69) is 20.5 Å². The van der Waals surface area contributed by atoms with Crippen LogP contribution in [0.1, 0.15) is 22.1 Å². The Bertz CT molecular complexity index is 1590. The highest BCUT2D eigenvalue weighted by molar-refractivity contribution is 6.30. The average molecular weight is 443 g/mol. The van der Waals surface area contributed by atoms with Crippen molar-refractivity contribution in [2.24, 2.45) is 7.05 Å². The molecule has 6 rings (SSSR count). The van der Waals surface area contributed by atoms with E-state index >= 15 is 0 Å². The Labute approximate surface area is 190 Å². The van der Waals surface area contributed by atoms with Crippen LogP contribution in [0.25, 0.3) is 43.6 Å². The Hall–Kier alpha value is -3.39. The summed E-state index contributed by atoms with van der Waals surface area (Å²) < 4.78 is 4.27. The smallest absolute Gasteiger partial charge is 0.254 e. The van der Waals surface area contributed by atoms with E-state index in [0.717, 1.165) is 43.6 Å². The molecule has 2 atom stereocenters. The number of likely N-dealkylation sites (N-methyl/N-ethyl adjacent to an activating group) is 1. The van der Waals surface area contributed by atoms with Crippen molar-refractivity contribution >= 4 is 49.5 Å². The number of aliphatic hydroxyl groups excluding tert-OH is 2. The Morgan fingerprint density at radius 3 is 2.33 bits per heavy atom. The fourth-order valence-electron chi connectivity index (χ4n) is 5.66. The molecule has 5 aromatic rings. The molecule has 0 saturated carbocycles. The van der Waals surface area contributed by atoms with Gasteiger partial charge >= 0.3 is 0 Å². The van der Waals surface area contributed by atoms with E-state index in [9.17, 15) is 15.0 Å². The predicted molar refractivity (Wildman–Crippen MR) is 130 cm³/mol. The molecule has 3 heterocycles. The summed E-state index contributed by atoms with van der Waals surface area (Å²) >= 11 is 0. The summed E-state index contributed by atoms with van der Waals surface area (Å²) in [5.41, 5.74) is 5.01. The molecule has 33 heavy (non-hydrogen) atoms. The number of hydrogen-bond donors (Lipinski definition) is 3. The van der Waals surface area contributed by atoms with E-state index in [1.54, 1.807) is 0 Å². The third-order valence-electron chi connectivity index (χ3n) is 6.83. The average Bonchev–Trinajstić information content (AvgIpc) is 3.36. The second kappa shape index (κ2) is 7.05. The maximum atomic E-state index is 13.2. The summed E-state index contributed by atoms with van der Waals surface area (Å²) in [6.45, 7) is 0.915. The van der Waals surface area contributed by atoms with Gasteiger partial charge in [0.25, 0.3) is 5.91 Å². The first-order valence-electron chi connectivity index (χ1n) is 11.1. The number of fused-ring (bicyclic) bond motifs is 10. The Morgan fingerprint density at radius 2 is 1.64 bits per heavy atom. The van der Waals surface area contributed by atoms with Crippen molar-refractivity contribution in [1.82, 2.24) is 19.4 Å². The molecule has 1 aliphatic rings. The summed E-state index contributed by atoms with van der Waals surface area (Å²) in [7, 11) is 5.90. The first-order chi connectivity index (χ1) is 15.9. The Balaban J connectivity index is 1.87. The van der Waals surface area contributed by atoms with Crippen LogP contribution in [0.3, 0.4) is 0 Å². The molecule has 0 aliphatic carbocycles. The van der Waals surface area contributed by atoms with Gasteiger partial charge in [-0.05, 0) is 26.2 Å². The van der Waals surface area contributed by atoms with Gasteiger partial charge in [0.1, 0.15) is 0 Å². The molecule has 3 aromatic carbocycles. The highest BCUT2D eigenvalue weighted by Gasteiger charge is 2.36. The lowest BCUT2D eigenvalue weighted by Gasteiger charge is -2.18. The zero-order valence-corrected chi connectivity index (χ0v) is 18.8. The van der Waals surface area contributed by atoms with Crippen LogP contribution >= 0.6 is 0 Å². The zero-order valence-electron chi connectivity index (χ0n) is 18.8. The van der Waals surface area contributed by atoms with E-state index in [1.807, 2.05) is 68.5 Å². The fraction of sp³-hybridized carbons (Fsp3) is 0.269. The summed E-state index contributed by atoms with van der Waals surface area (Å²) in [6, 6.07) is 16.0. The van der Waals surface area contributed by atoms with Gasteiger partial charge in [0.15, 0.2) is 6.23 Å². The molecule has 0 saturated heterocycles. The van der Waals surface area contributed by atoms with E-state index in [4.69, 9.17) is 0 Å². The summed E-state index contributed by atoms with van der Waals surface area (Å²) in [5.74, 6) is -0.269. The van der Waals surface area contributed by atoms with Crippen LogP contribution in [0.15, 0.2) is 48.5 Å². The normalized spacial score (nSPS) is 17.0. The topological polar surface area (TPSA) is 82.7 Å². The van der Waals surface area contributed by atoms with Crippen LogP contribution in [0, 0.1) is 0 Å². The number of amides is 1. The predicted octanol–water partition coefficient (Wildman–Crippen LogP) is 3.10. The maximum Gasteiger partial charge on any atom is 0.254 e. The zero-order chi connectivity index (χ0) is 23.0. The van der Waals surface area contributed by atoms with Gasteiger partial charge in [-0.1, -0.05) is 36.4 Å². The van der Waals surface area contributed by atoms with Crippen LogP contribution in [0.2, 0.25) is 0 Å². The lowest BCUT2D eigenvalue weighted by molar-refractivity contribution is 0.0852. The lowest BCUT2D eigenvalue weighted by atomic mass is 9.96. The molecule has 0 fully saturated rings. The number of rotatable bonds is 4. The van der Waals surface area contributed by atoms with Crippen LogP contribution in [-0.2, 0) is 13.6 Å². The van der Waals surface area contributed by atoms with Gasteiger partial charge in [0.05, 0.1) is 29.2 Å². The highest BCUT2D eigenvalue weighted by Crippen LogP contribution is 2.46. The molecule has 7 nitrogen and oxygen atoms in total. The quantitative estimate of drug-likeness (QED) is 0.400. The van der Waals surface area contributed by atoms with Gasteiger partial charge in [0.2, 0.25) is 0 Å². The minimum atomic E-state index is -1.06. The number of benzene rings is 3. The number of aromatic nitrogens is 2. The van der Waals surface area contributed by atoms with Gasteiger partial charge in [-0.15, -0.1) is 0 Å². The number of aryl methyl sites for hydroxylation is 1. The molecular weight excluding hydrogens is 416 g/mol. The van der Waals surface area contributed by atoms with E-state index in [0.29, 0.717) is 24.2 Å². The van der Waals surface area contributed by atoms with E-state index < -0.39 is 12.3 Å². The lowest BCUT2D eigenvalue weighted by Crippen LogP contribution is -2.29. The molecule has 0 spiro atoms. The molecule has 1 amide bonds. The van der Waals surface area contributed by atoms with Crippen LogP contribution in [-0.4, -0.2) is 56.9 Å². The number of carbonyl (C=O) groups excluding carboxylic acids is 1. The molecule has 0 radical (unpaired) electrons. The molecule has 168 valence electrons. The molecule has 2 aromatic heterocycles. The van der Waals surface area contributed by atoms with Gasteiger partial charge in [0, 0.05) is 51.7 Å². The van der Waals surface area contributed by atoms with Gasteiger partial charge in [-0.2, -0.15) is 0 Å². The molecule has 2 unspecified atom stereocenters. The first-order valence-corrected chi connectivity index (χ1v) is 11.1. The number of para-hydroxylation sites is 2. The van der Waals surface area contributed by atoms with Gasteiger partial charge in [-0.3, -0.25) is 4.79 Å². The van der Waals surface area contributed by atoms with Crippen LogP contribution in [0.5, 0.6) is 0 Å². The van der Waals surface area contributed by atoms with Crippen LogP contribution < -0.4 is 5.32 Å². The monoisotopic (exact) mass is 442 g/mol. The van der Waals surface area contributed by atoms with Crippen LogP contribution in [0.4, 0.5) is 0 Å². The second-order valence-corrected chi connectivity index (χ2v) is 9.23. The molecule has 0 bridgehead atoms. The second-order valence-electron chi connectivity index (χ2n) is 9.23. The van der Waals surface area contributed by atoms with Crippen molar-refractivity contribution in [1.29, 1.82) is 0 Å². The standard InChI is InChI=1S/C26H26N4O3/c1-28(2)12-14(31)13-30-18-11-7-5-9-16(18)20-22-21(25(32)27-26(22)33)19-15-8-4-6-10-17(15)29(3)23(19)24(20)30/h4-11,14,25,31-32H,12-13H2,1-3H3,(H,27,33). The third-order valence-corrected chi connectivity index (χ3v) is 6.83.